The molecule has 0 aliphatic carbocycles. The topological polar surface area (TPSA) is 114 Å². The van der Waals surface area contributed by atoms with Crippen LogP contribution >= 0.6 is 0 Å². The highest BCUT2D eigenvalue weighted by Crippen LogP contribution is 2.25. The number of barbiturate groups is 1. The van der Waals surface area contributed by atoms with E-state index in [1.165, 1.54) is 49.6 Å². The monoisotopic (exact) mass is 489 g/mol. The smallest absolute Gasteiger partial charge is 0.335 e. The number of carbonyl (C=O) groups excluding carboxylic acids is 4. The van der Waals surface area contributed by atoms with E-state index >= 15 is 0 Å². The maximum atomic E-state index is 13.7. The van der Waals surface area contributed by atoms with Crippen LogP contribution in [0.25, 0.3) is 6.08 Å². The van der Waals surface area contributed by atoms with E-state index in [9.17, 15) is 23.6 Å². The second-order valence-electron chi connectivity index (χ2n) is 7.55. The fourth-order valence-corrected chi connectivity index (χ4v) is 3.38. The number of para-hydroxylation sites is 1. The normalized spacial score (nSPS) is 14.4. The largest absolute Gasteiger partial charge is 0.497 e. The van der Waals surface area contributed by atoms with Crippen LogP contribution in [0, 0.1) is 5.82 Å². The third kappa shape index (κ3) is 5.39. The first-order chi connectivity index (χ1) is 17.4. The molecule has 5 amide bonds. The third-order valence-corrected chi connectivity index (χ3v) is 5.12. The number of amides is 5. The minimum atomic E-state index is -0.870. The van der Waals surface area contributed by atoms with Crippen LogP contribution in [-0.2, 0) is 14.4 Å². The molecule has 182 valence electrons. The zero-order valence-electron chi connectivity index (χ0n) is 19.0. The van der Waals surface area contributed by atoms with Gasteiger partial charge in [-0.1, -0.05) is 24.3 Å². The Morgan fingerprint density at radius 1 is 1.00 bits per heavy atom. The van der Waals surface area contributed by atoms with Crippen molar-refractivity contribution in [2.75, 3.05) is 23.9 Å². The number of urea groups is 1. The summed E-state index contributed by atoms with van der Waals surface area (Å²) in [6.45, 7) is -0.395. The van der Waals surface area contributed by atoms with Crippen molar-refractivity contribution in [3.05, 3.63) is 89.8 Å². The molecule has 9 nitrogen and oxygen atoms in total. The predicted molar refractivity (Wildman–Crippen MR) is 129 cm³/mol. The van der Waals surface area contributed by atoms with Crippen LogP contribution < -0.4 is 25.0 Å². The summed E-state index contributed by atoms with van der Waals surface area (Å²) in [4.78, 5) is 50.8. The molecule has 0 radical (unpaired) electrons. The molecular weight excluding hydrogens is 469 g/mol. The van der Waals surface area contributed by atoms with Gasteiger partial charge < -0.3 is 14.8 Å². The first-order valence-corrected chi connectivity index (χ1v) is 10.7. The number of hydrogen-bond donors (Lipinski definition) is 2. The van der Waals surface area contributed by atoms with Gasteiger partial charge in [0.15, 0.2) is 6.61 Å². The number of hydrogen-bond acceptors (Lipinski definition) is 6. The summed E-state index contributed by atoms with van der Waals surface area (Å²) in [5.41, 5.74) is 0.446. The number of nitrogens with zero attached hydrogens (tertiary/aromatic N) is 1. The van der Waals surface area contributed by atoms with E-state index in [4.69, 9.17) is 9.47 Å². The lowest BCUT2D eigenvalue weighted by atomic mass is 10.1. The van der Waals surface area contributed by atoms with Crippen molar-refractivity contribution in [3.63, 3.8) is 0 Å². The van der Waals surface area contributed by atoms with Crippen molar-refractivity contribution in [1.29, 1.82) is 0 Å². The molecule has 0 atom stereocenters. The van der Waals surface area contributed by atoms with E-state index in [1.54, 1.807) is 36.4 Å². The SMILES string of the molecule is COc1ccc(N2C(=O)NC(=O)C(=Cc3cccc(OCC(=O)Nc4ccccc4F)c3)C2=O)cc1. The number of halogens is 1. The first-order valence-electron chi connectivity index (χ1n) is 10.7. The molecular formula is C26H20FN3O6. The van der Waals surface area contributed by atoms with Crippen LogP contribution in [0.15, 0.2) is 78.4 Å². The van der Waals surface area contributed by atoms with E-state index in [0.29, 0.717) is 11.3 Å². The van der Waals surface area contributed by atoms with Gasteiger partial charge in [0.1, 0.15) is 22.9 Å². The molecule has 1 saturated heterocycles. The highest BCUT2D eigenvalue weighted by molar-refractivity contribution is 6.39. The highest BCUT2D eigenvalue weighted by atomic mass is 19.1. The molecule has 0 bridgehead atoms. The van der Waals surface area contributed by atoms with Crippen molar-refractivity contribution >= 4 is 41.2 Å². The zero-order valence-corrected chi connectivity index (χ0v) is 19.0. The molecule has 1 heterocycles. The predicted octanol–water partition coefficient (Wildman–Crippen LogP) is 3.52. The Hall–Kier alpha value is -4.99. The second kappa shape index (κ2) is 10.5. The van der Waals surface area contributed by atoms with Gasteiger partial charge in [0.25, 0.3) is 17.7 Å². The molecule has 0 unspecified atom stereocenters. The Kier molecular flexibility index (Phi) is 7.05. The van der Waals surface area contributed by atoms with Crippen molar-refractivity contribution < 1.29 is 33.0 Å². The van der Waals surface area contributed by atoms with Crippen molar-refractivity contribution in [2.45, 2.75) is 0 Å². The van der Waals surface area contributed by atoms with Gasteiger partial charge >= 0.3 is 6.03 Å². The molecule has 0 saturated carbocycles. The van der Waals surface area contributed by atoms with Gasteiger partial charge in [0, 0.05) is 0 Å². The summed E-state index contributed by atoms with van der Waals surface area (Å²) in [5, 5.41) is 4.56. The maximum Gasteiger partial charge on any atom is 0.335 e. The number of carbonyl (C=O) groups is 4. The summed E-state index contributed by atoms with van der Waals surface area (Å²) in [5.74, 6) is -1.97. The first kappa shape index (κ1) is 24.1. The molecule has 1 fully saturated rings. The van der Waals surface area contributed by atoms with Gasteiger partial charge in [0.05, 0.1) is 18.5 Å². The van der Waals surface area contributed by atoms with E-state index in [2.05, 4.69) is 10.6 Å². The Labute approximate surface area is 205 Å². The van der Waals surface area contributed by atoms with E-state index < -0.39 is 36.2 Å². The van der Waals surface area contributed by atoms with Crippen LogP contribution in [0.3, 0.4) is 0 Å². The number of imide groups is 2. The molecule has 0 spiro atoms. The number of nitrogens with one attached hydrogen (secondary N) is 2. The number of rotatable bonds is 7. The molecule has 1 aliphatic heterocycles. The zero-order chi connectivity index (χ0) is 25.7. The van der Waals surface area contributed by atoms with Crippen LogP contribution in [-0.4, -0.2) is 37.5 Å². The third-order valence-electron chi connectivity index (χ3n) is 5.12. The number of ether oxygens (including phenoxy) is 2. The van der Waals surface area contributed by atoms with Gasteiger partial charge in [-0.3, -0.25) is 19.7 Å². The summed E-state index contributed by atoms with van der Waals surface area (Å²) in [6, 6.07) is 17.4. The fraction of sp³-hybridized carbons (Fsp3) is 0.0769. The second-order valence-corrected chi connectivity index (χ2v) is 7.55. The van der Waals surface area contributed by atoms with Crippen LogP contribution in [0.4, 0.5) is 20.6 Å². The maximum absolute atomic E-state index is 13.7. The van der Waals surface area contributed by atoms with Crippen molar-refractivity contribution in [1.82, 2.24) is 5.32 Å². The van der Waals surface area contributed by atoms with Gasteiger partial charge in [-0.25, -0.2) is 14.1 Å². The molecule has 2 N–H and O–H groups in total. The van der Waals surface area contributed by atoms with Crippen LogP contribution in [0.2, 0.25) is 0 Å². The van der Waals surface area contributed by atoms with Crippen LogP contribution in [0.1, 0.15) is 5.56 Å². The minimum absolute atomic E-state index is 0.0300. The highest BCUT2D eigenvalue weighted by Gasteiger charge is 2.36. The summed E-state index contributed by atoms with van der Waals surface area (Å²) >= 11 is 0. The summed E-state index contributed by atoms with van der Waals surface area (Å²) in [6.07, 6.45) is 1.31. The van der Waals surface area contributed by atoms with Gasteiger partial charge in [-0.2, -0.15) is 0 Å². The summed E-state index contributed by atoms with van der Waals surface area (Å²) in [7, 11) is 1.49. The standard InChI is InChI=1S/C26H20FN3O6/c1-35-18-11-9-17(10-12-18)30-25(33)20(24(32)29-26(30)34)14-16-5-4-6-19(13-16)36-15-23(31)28-22-8-3-2-7-21(22)27/h2-14H,15H2,1H3,(H,28,31)(H,29,32,34). The lowest BCUT2D eigenvalue weighted by Gasteiger charge is -2.26. The minimum Gasteiger partial charge on any atom is -0.497 e. The van der Waals surface area contributed by atoms with Gasteiger partial charge in [-0.05, 0) is 60.2 Å². The molecule has 3 aromatic carbocycles. The van der Waals surface area contributed by atoms with E-state index in [0.717, 1.165) is 4.90 Å². The summed E-state index contributed by atoms with van der Waals surface area (Å²) < 4.78 is 24.2. The van der Waals surface area contributed by atoms with E-state index in [-0.39, 0.29) is 22.7 Å². The van der Waals surface area contributed by atoms with Crippen molar-refractivity contribution in [3.8, 4) is 11.5 Å². The number of methoxy groups -OCH3 is 1. The number of anilines is 2. The lowest BCUT2D eigenvalue weighted by Crippen LogP contribution is -2.54. The Bertz CT molecular complexity index is 1370. The lowest BCUT2D eigenvalue weighted by molar-refractivity contribution is -0.122. The molecule has 3 aromatic rings. The molecule has 10 heteroatoms. The molecule has 36 heavy (non-hydrogen) atoms. The quantitative estimate of drug-likeness (QED) is 0.388. The van der Waals surface area contributed by atoms with Crippen LogP contribution in [0.5, 0.6) is 11.5 Å². The average Bonchev–Trinajstić information content (AvgIpc) is 2.87. The Balaban J connectivity index is 1.49. The molecule has 1 aliphatic rings. The van der Waals surface area contributed by atoms with Gasteiger partial charge in [-0.15, -0.1) is 0 Å². The Morgan fingerprint density at radius 2 is 1.75 bits per heavy atom. The fourth-order valence-electron chi connectivity index (χ4n) is 3.38. The van der Waals surface area contributed by atoms with E-state index in [1.807, 2.05) is 0 Å². The number of benzene rings is 3. The van der Waals surface area contributed by atoms with Gasteiger partial charge in [0.2, 0.25) is 0 Å². The van der Waals surface area contributed by atoms with Crippen molar-refractivity contribution in [2.24, 2.45) is 0 Å². The average molecular weight is 489 g/mol. The Morgan fingerprint density at radius 3 is 2.47 bits per heavy atom. The molecule has 4 rings (SSSR count). The molecule has 0 aromatic heterocycles.